The van der Waals surface area contributed by atoms with Gasteiger partial charge in [0, 0.05) is 25.4 Å². The third-order valence-corrected chi connectivity index (χ3v) is 3.74. The second kappa shape index (κ2) is 5.25. The first-order valence-corrected chi connectivity index (χ1v) is 6.88. The van der Waals surface area contributed by atoms with Gasteiger partial charge in [-0.3, -0.25) is 14.3 Å². The normalized spacial score (nSPS) is 13.1. The van der Waals surface area contributed by atoms with E-state index in [1.54, 1.807) is 29.9 Å². The van der Waals surface area contributed by atoms with Crippen LogP contribution in [0, 0.1) is 12.7 Å². The van der Waals surface area contributed by atoms with Crippen LogP contribution in [0.15, 0.2) is 24.3 Å². The highest BCUT2D eigenvalue weighted by Gasteiger charge is 2.31. The highest BCUT2D eigenvalue weighted by Crippen LogP contribution is 2.30. The molecule has 2 heterocycles. The largest absolute Gasteiger partial charge is 0.316 e. The summed E-state index contributed by atoms with van der Waals surface area (Å²) in [5.74, 6) is -1.81. The fourth-order valence-corrected chi connectivity index (χ4v) is 2.53. The zero-order valence-electron chi connectivity index (χ0n) is 12.3. The number of aromatic nitrogens is 2. The Morgan fingerprint density at radius 3 is 2.82 bits per heavy atom. The molecule has 114 valence electrons. The van der Waals surface area contributed by atoms with Gasteiger partial charge in [-0.1, -0.05) is 12.1 Å². The fourth-order valence-electron chi connectivity index (χ4n) is 2.53. The topological polar surface area (TPSA) is 67.2 Å². The Kier molecular flexibility index (Phi) is 3.40. The number of halogens is 1. The number of nitrogens with zero attached hydrogens (tertiary/aromatic N) is 3. The van der Waals surface area contributed by atoms with Crippen LogP contribution in [0.25, 0.3) is 0 Å². The lowest BCUT2D eigenvalue weighted by Crippen LogP contribution is -2.39. The van der Waals surface area contributed by atoms with Crippen molar-refractivity contribution in [2.75, 3.05) is 16.8 Å². The summed E-state index contributed by atoms with van der Waals surface area (Å²) in [6.45, 7) is 2.13. The number of hydrogen-bond donors (Lipinski definition) is 1. The maximum atomic E-state index is 13.9. The number of nitrogens with one attached hydrogen (secondary N) is 1. The van der Waals surface area contributed by atoms with Crippen LogP contribution in [0.2, 0.25) is 0 Å². The van der Waals surface area contributed by atoms with E-state index in [0.29, 0.717) is 18.8 Å². The van der Waals surface area contributed by atoms with E-state index in [-0.39, 0.29) is 5.69 Å². The van der Waals surface area contributed by atoms with Crippen molar-refractivity contribution in [2.45, 2.75) is 13.3 Å². The number of hydrogen-bond acceptors (Lipinski definition) is 3. The van der Waals surface area contributed by atoms with Crippen molar-refractivity contribution in [1.82, 2.24) is 9.78 Å². The molecule has 6 nitrogen and oxygen atoms in total. The lowest BCUT2D eigenvalue weighted by molar-refractivity contribution is -0.134. The summed E-state index contributed by atoms with van der Waals surface area (Å²) in [7, 11) is 1.74. The van der Waals surface area contributed by atoms with Gasteiger partial charge in [0.15, 0.2) is 5.82 Å². The molecule has 1 aromatic carbocycles. The quantitative estimate of drug-likeness (QED) is 0.810. The van der Waals surface area contributed by atoms with E-state index in [1.165, 1.54) is 11.0 Å². The molecule has 3 rings (SSSR count). The SMILES string of the molecule is Cc1cc(NC(=O)C(=O)N2CCc3cccc(F)c32)nn1C. The average Bonchev–Trinajstić information content (AvgIpc) is 3.03. The zero-order valence-corrected chi connectivity index (χ0v) is 12.3. The van der Waals surface area contributed by atoms with Crippen LogP contribution >= 0.6 is 0 Å². The fraction of sp³-hybridized carbons (Fsp3) is 0.267. The molecule has 0 fully saturated rings. The summed E-state index contributed by atoms with van der Waals surface area (Å²) in [5, 5.41) is 6.51. The molecule has 22 heavy (non-hydrogen) atoms. The summed E-state index contributed by atoms with van der Waals surface area (Å²) in [6.07, 6.45) is 0.537. The van der Waals surface area contributed by atoms with E-state index in [1.807, 2.05) is 6.92 Å². The molecule has 2 aromatic rings. The first-order chi connectivity index (χ1) is 10.5. The van der Waals surface area contributed by atoms with Gasteiger partial charge < -0.3 is 10.2 Å². The first-order valence-electron chi connectivity index (χ1n) is 6.88. The molecule has 1 N–H and O–H groups in total. The van der Waals surface area contributed by atoms with Crippen LogP contribution in [0.5, 0.6) is 0 Å². The third kappa shape index (κ3) is 2.34. The van der Waals surface area contributed by atoms with Gasteiger partial charge >= 0.3 is 11.8 Å². The standard InChI is InChI=1S/C15H15FN4O2/c1-9-8-12(18-19(9)2)17-14(21)15(22)20-7-6-10-4-3-5-11(16)13(10)20/h3-5,8H,6-7H2,1-2H3,(H,17,18,21). The molecule has 1 aromatic heterocycles. The number of aryl methyl sites for hydroxylation is 2. The molecule has 0 unspecified atom stereocenters. The Balaban J connectivity index is 1.79. The van der Waals surface area contributed by atoms with Gasteiger partial charge in [0.05, 0.1) is 5.69 Å². The predicted octanol–water partition coefficient (Wildman–Crippen LogP) is 1.40. The van der Waals surface area contributed by atoms with E-state index < -0.39 is 17.6 Å². The summed E-state index contributed by atoms with van der Waals surface area (Å²) >= 11 is 0. The minimum atomic E-state index is -0.825. The summed E-state index contributed by atoms with van der Waals surface area (Å²) < 4.78 is 15.5. The van der Waals surface area contributed by atoms with Gasteiger partial charge in [-0.15, -0.1) is 0 Å². The van der Waals surface area contributed by atoms with Gasteiger partial charge in [0.25, 0.3) is 0 Å². The van der Waals surface area contributed by atoms with E-state index in [9.17, 15) is 14.0 Å². The number of carbonyl (C=O) groups excluding carboxylic acids is 2. The van der Waals surface area contributed by atoms with E-state index in [4.69, 9.17) is 0 Å². The molecular weight excluding hydrogens is 287 g/mol. The molecule has 0 saturated heterocycles. The third-order valence-electron chi connectivity index (χ3n) is 3.74. The Hall–Kier alpha value is -2.70. The first kappa shape index (κ1) is 14.2. The minimum Gasteiger partial charge on any atom is -0.301 e. The van der Waals surface area contributed by atoms with Crippen molar-refractivity contribution in [1.29, 1.82) is 0 Å². The number of anilines is 2. The van der Waals surface area contributed by atoms with Crippen molar-refractivity contribution in [2.24, 2.45) is 7.05 Å². The van der Waals surface area contributed by atoms with E-state index in [0.717, 1.165) is 11.3 Å². The van der Waals surface area contributed by atoms with E-state index >= 15 is 0 Å². The lowest BCUT2D eigenvalue weighted by atomic mass is 10.1. The summed E-state index contributed by atoms with van der Waals surface area (Å²) in [6, 6.07) is 6.29. The number of para-hydroxylation sites is 1. The predicted molar refractivity (Wildman–Crippen MR) is 79.0 cm³/mol. The molecule has 7 heteroatoms. The highest BCUT2D eigenvalue weighted by atomic mass is 19.1. The van der Waals surface area contributed by atoms with Crippen molar-refractivity contribution < 1.29 is 14.0 Å². The zero-order chi connectivity index (χ0) is 15.9. The van der Waals surface area contributed by atoms with Crippen LogP contribution in [-0.4, -0.2) is 28.1 Å². The molecule has 0 atom stereocenters. The molecule has 1 aliphatic rings. The number of rotatable bonds is 1. The minimum absolute atomic E-state index is 0.194. The second-order valence-corrected chi connectivity index (χ2v) is 5.20. The number of benzene rings is 1. The maximum Gasteiger partial charge on any atom is 0.316 e. The van der Waals surface area contributed by atoms with Gasteiger partial charge in [-0.25, -0.2) is 4.39 Å². The number of amides is 2. The molecule has 1 aliphatic heterocycles. The summed E-state index contributed by atoms with van der Waals surface area (Å²) in [4.78, 5) is 25.5. The van der Waals surface area contributed by atoms with Gasteiger partial charge in [-0.05, 0) is 25.0 Å². The van der Waals surface area contributed by atoms with Gasteiger partial charge in [0.2, 0.25) is 0 Å². The second-order valence-electron chi connectivity index (χ2n) is 5.20. The maximum absolute atomic E-state index is 13.9. The van der Waals surface area contributed by atoms with Crippen LogP contribution < -0.4 is 10.2 Å². The van der Waals surface area contributed by atoms with Crippen LogP contribution in [0.1, 0.15) is 11.3 Å². The summed E-state index contributed by atoms with van der Waals surface area (Å²) in [5.41, 5.74) is 1.77. The Bertz CT molecular complexity index is 749. The Morgan fingerprint density at radius 1 is 1.36 bits per heavy atom. The Labute approximate surface area is 126 Å². The molecule has 0 aliphatic carbocycles. The van der Waals surface area contributed by atoms with Gasteiger partial charge in [-0.2, -0.15) is 5.10 Å². The molecule has 0 bridgehead atoms. The monoisotopic (exact) mass is 302 g/mol. The van der Waals surface area contributed by atoms with Crippen molar-refractivity contribution in [3.05, 3.63) is 41.3 Å². The lowest BCUT2D eigenvalue weighted by Gasteiger charge is -2.16. The highest BCUT2D eigenvalue weighted by molar-refractivity contribution is 6.44. The average molecular weight is 302 g/mol. The number of fused-ring (bicyclic) bond motifs is 1. The van der Waals surface area contributed by atoms with E-state index in [2.05, 4.69) is 10.4 Å². The molecule has 2 amide bonds. The molecular formula is C15H15FN4O2. The number of carbonyl (C=O) groups is 2. The van der Waals surface area contributed by atoms with Crippen molar-refractivity contribution in [3.8, 4) is 0 Å². The Morgan fingerprint density at radius 2 is 2.14 bits per heavy atom. The van der Waals surface area contributed by atoms with Crippen LogP contribution in [-0.2, 0) is 23.1 Å². The van der Waals surface area contributed by atoms with Crippen molar-refractivity contribution in [3.63, 3.8) is 0 Å². The van der Waals surface area contributed by atoms with Crippen LogP contribution in [0.4, 0.5) is 15.9 Å². The molecule has 0 radical (unpaired) electrons. The van der Waals surface area contributed by atoms with Crippen molar-refractivity contribution >= 4 is 23.3 Å². The van der Waals surface area contributed by atoms with Gasteiger partial charge in [0.1, 0.15) is 5.82 Å². The van der Waals surface area contributed by atoms with Crippen LogP contribution in [0.3, 0.4) is 0 Å². The molecule has 0 spiro atoms. The smallest absolute Gasteiger partial charge is 0.301 e. The molecule has 0 saturated carbocycles.